The zero-order chi connectivity index (χ0) is 13.8. The molecule has 0 aromatic carbocycles. The normalized spacial score (nSPS) is 19.9. The summed E-state index contributed by atoms with van der Waals surface area (Å²) in [7, 11) is 2.22. The van der Waals surface area contributed by atoms with Crippen molar-refractivity contribution in [1.82, 2.24) is 4.90 Å². The highest BCUT2D eigenvalue weighted by Crippen LogP contribution is 2.25. The van der Waals surface area contributed by atoms with Gasteiger partial charge in [-0.15, -0.1) is 0 Å². The number of nitrogens with zero attached hydrogens (tertiary/aromatic N) is 1. The maximum Gasteiger partial charge on any atom is -0.00159 e. The SMILES string of the molecule is CC.CC.CN1CCC(C2=CC=CCC=C2)CC1. The summed E-state index contributed by atoms with van der Waals surface area (Å²) < 4.78 is 0. The van der Waals surface area contributed by atoms with Gasteiger partial charge in [0.2, 0.25) is 0 Å². The second kappa shape index (κ2) is 11.3. The first-order valence-electron chi connectivity index (χ1n) is 7.58. The van der Waals surface area contributed by atoms with E-state index in [1.807, 2.05) is 27.7 Å². The molecule has 1 fully saturated rings. The van der Waals surface area contributed by atoms with Crippen LogP contribution in [0.15, 0.2) is 36.0 Å². The number of allylic oxidation sites excluding steroid dienone is 6. The fourth-order valence-corrected chi connectivity index (χ4v) is 2.21. The van der Waals surface area contributed by atoms with E-state index in [0.29, 0.717) is 0 Å². The van der Waals surface area contributed by atoms with Crippen molar-refractivity contribution in [3.8, 4) is 0 Å². The molecule has 1 aliphatic heterocycles. The molecule has 1 heterocycles. The quantitative estimate of drug-likeness (QED) is 0.644. The second-order valence-electron chi connectivity index (χ2n) is 4.31. The Labute approximate surface area is 114 Å². The van der Waals surface area contributed by atoms with E-state index < -0.39 is 0 Å². The van der Waals surface area contributed by atoms with E-state index in [-0.39, 0.29) is 0 Å². The maximum absolute atomic E-state index is 2.42. The van der Waals surface area contributed by atoms with Crippen LogP contribution in [-0.2, 0) is 0 Å². The summed E-state index contributed by atoms with van der Waals surface area (Å²) in [6.45, 7) is 10.5. The van der Waals surface area contributed by atoms with Crippen molar-refractivity contribution in [2.75, 3.05) is 20.1 Å². The average molecular weight is 249 g/mol. The molecule has 0 amide bonds. The Morgan fingerprint density at radius 1 is 1.00 bits per heavy atom. The topological polar surface area (TPSA) is 3.24 Å². The fourth-order valence-electron chi connectivity index (χ4n) is 2.21. The summed E-state index contributed by atoms with van der Waals surface area (Å²) in [5.41, 5.74) is 1.53. The molecule has 1 aliphatic carbocycles. The molecule has 1 heteroatoms. The van der Waals surface area contributed by atoms with Crippen molar-refractivity contribution in [3.63, 3.8) is 0 Å². The Kier molecular flexibility index (Phi) is 10.8. The molecule has 18 heavy (non-hydrogen) atoms. The fraction of sp³-hybridized carbons (Fsp3) is 0.647. The molecule has 0 saturated carbocycles. The van der Waals surface area contributed by atoms with Gasteiger partial charge in [0.25, 0.3) is 0 Å². The Balaban J connectivity index is 0.000000659. The van der Waals surface area contributed by atoms with Crippen LogP contribution in [0.2, 0.25) is 0 Å². The Bertz CT molecular complexity index is 265. The molecule has 0 aromatic rings. The van der Waals surface area contributed by atoms with Gasteiger partial charge in [-0.3, -0.25) is 0 Å². The van der Waals surface area contributed by atoms with Gasteiger partial charge in [0, 0.05) is 0 Å². The van der Waals surface area contributed by atoms with E-state index in [1.165, 1.54) is 31.5 Å². The first-order chi connectivity index (χ1) is 8.86. The van der Waals surface area contributed by atoms with Crippen LogP contribution in [0.5, 0.6) is 0 Å². The molecule has 0 unspecified atom stereocenters. The summed E-state index contributed by atoms with van der Waals surface area (Å²) in [4.78, 5) is 2.42. The molecule has 0 aromatic heterocycles. The number of hydrogen-bond acceptors (Lipinski definition) is 1. The van der Waals surface area contributed by atoms with Gasteiger partial charge in [-0.05, 0) is 50.9 Å². The van der Waals surface area contributed by atoms with Crippen molar-refractivity contribution in [2.24, 2.45) is 5.92 Å². The third kappa shape index (κ3) is 6.20. The molecule has 0 bridgehead atoms. The van der Waals surface area contributed by atoms with E-state index in [2.05, 4.69) is 42.3 Å². The minimum absolute atomic E-state index is 0.796. The number of piperidine rings is 1. The molecule has 1 saturated heterocycles. The van der Waals surface area contributed by atoms with E-state index in [9.17, 15) is 0 Å². The van der Waals surface area contributed by atoms with Crippen LogP contribution in [0, 0.1) is 5.92 Å². The lowest BCUT2D eigenvalue weighted by atomic mass is 9.89. The maximum atomic E-state index is 2.42. The summed E-state index contributed by atoms with van der Waals surface area (Å²) >= 11 is 0. The molecule has 0 atom stereocenters. The predicted octanol–water partition coefficient (Wildman–Crippen LogP) is 4.82. The predicted molar refractivity (Wildman–Crippen MR) is 83.9 cm³/mol. The van der Waals surface area contributed by atoms with Gasteiger partial charge in [0.05, 0.1) is 0 Å². The summed E-state index contributed by atoms with van der Waals surface area (Å²) in [6.07, 6.45) is 15.0. The highest BCUT2D eigenvalue weighted by Gasteiger charge is 2.18. The minimum Gasteiger partial charge on any atom is -0.306 e. The first-order valence-corrected chi connectivity index (χ1v) is 7.58. The lowest BCUT2D eigenvalue weighted by molar-refractivity contribution is 0.240. The van der Waals surface area contributed by atoms with E-state index in [0.717, 1.165) is 12.3 Å². The van der Waals surface area contributed by atoms with Crippen molar-refractivity contribution in [3.05, 3.63) is 36.0 Å². The third-order valence-electron chi connectivity index (χ3n) is 3.20. The Hall–Kier alpha value is -0.820. The van der Waals surface area contributed by atoms with Crippen LogP contribution >= 0.6 is 0 Å². The van der Waals surface area contributed by atoms with Crippen LogP contribution in [0.4, 0.5) is 0 Å². The summed E-state index contributed by atoms with van der Waals surface area (Å²) in [6, 6.07) is 0. The van der Waals surface area contributed by atoms with Gasteiger partial charge in [0.1, 0.15) is 0 Å². The molecular formula is C17H31N. The average Bonchev–Trinajstić information content (AvgIpc) is 2.73. The third-order valence-corrected chi connectivity index (χ3v) is 3.20. The monoisotopic (exact) mass is 249 g/mol. The molecule has 0 N–H and O–H groups in total. The van der Waals surface area contributed by atoms with Crippen molar-refractivity contribution in [1.29, 1.82) is 0 Å². The van der Waals surface area contributed by atoms with Crippen LogP contribution in [0.25, 0.3) is 0 Å². The zero-order valence-electron chi connectivity index (χ0n) is 12.9. The van der Waals surface area contributed by atoms with Crippen LogP contribution in [-0.4, -0.2) is 25.0 Å². The molecular weight excluding hydrogens is 218 g/mol. The number of rotatable bonds is 1. The van der Waals surface area contributed by atoms with Crippen molar-refractivity contribution >= 4 is 0 Å². The largest absolute Gasteiger partial charge is 0.306 e. The van der Waals surface area contributed by atoms with Crippen LogP contribution < -0.4 is 0 Å². The van der Waals surface area contributed by atoms with Crippen molar-refractivity contribution < 1.29 is 0 Å². The lowest BCUT2D eigenvalue weighted by Gasteiger charge is -2.29. The molecule has 2 aliphatic rings. The van der Waals surface area contributed by atoms with Gasteiger partial charge >= 0.3 is 0 Å². The molecule has 2 rings (SSSR count). The Morgan fingerprint density at radius 3 is 2.22 bits per heavy atom. The van der Waals surface area contributed by atoms with Crippen LogP contribution in [0.3, 0.4) is 0 Å². The zero-order valence-corrected chi connectivity index (χ0v) is 12.9. The molecule has 1 nitrogen and oxygen atoms in total. The summed E-state index contributed by atoms with van der Waals surface area (Å²) in [5.74, 6) is 0.796. The lowest BCUT2D eigenvalue weighted by Crippen LogP contribution is -2.30. The van der Waals surface area contributed by atoms with Gasteiger partial charge in [-0.2, -0.15) is 0 Å². The summed E-state index contributed by atoms with van der Waals surface area (Å²) in [5, 5.41) is 0. The van der Waals surface area contributed by atoms with E-state index >= 15 is 0 Å². The van der Waals surface area contributed by atoms with E-state index in [1.54, 1.807) is 0 Å². The number of hydrogen-bond donors (Lipinski definition) is 0. The van der Waals surface area contributed by atoms with E-state index in [4.69, 9.17) is 0 Å². The van der Waals surface area contributed by atoms with Gasteiger partial charge < -0.3 is 4.90 Å². The first kappa shape index (κ1) is 17.2. The standard InChI is InChI=1S/C13H19N.2C2H6/c1-14-10-8-13(9-11-14)12-6-4-2-3-5-7-12;2*1-2/h2,4-7,13H,3,8-11H2,1H3;2*1-2H3. The van der Waals surface area contributed by atoms with Crippen molar-refractivity contribution in [2.45, 2.75) is 47.0 Å². The molecule has 0 spiro atoms. The van der Waals surface area contributed by atoms with Crippen LogP contribution in [0.1, 0.15) is 47.0 Å². The Morgan fingerprint density at radius 2 is 1.61 bits per heavy atom. The smallest absolute Gasteiger partial charge is 0.00159 e. The highest BCUT2D eigenvalue weighted by molar-refractivity contribution is 5.29. The highest BCUT2D eigenvalue weighted by atomic mass is 15.1. The molecule has 0 radical (unpaired) electrons. The van der Waals surface area contributed by atoms with Gasteiger partial charge in [0.15, 0.2) is 0 Å². The van der Waals surface area contributed by atoms with Gasteiger partial charge in [-0.1, -0.05) is 58.1 Å². The number of likely N-dealkylation sites (tertiary alicyclic amines) is 1. The second-order valence-corrected chi connectivity index (χ2v) is 4.31. The molecule has 104 valence electrons. The minimum atomic E-state index is 0.796. The van der Waals surface area contributed by atoms with Gasteiger partial charge in [-0.25, -0.2) is 0 Å².